The van der Waals surface area contributed by atoms with E-state index in [1.165, 1.54) is 16.7 Å². The van der Waals surface area contributed by atoms with Crippen LogP contribution in [0, 0.1) is 0 Å². The number of benzene rings is 5. The number of hydrogen-bond acceptors (Lipinski definition) is 12. The first kappa shape index (κ1) is 56.9. The number of aromatic nitrogens is 4. The number of anilines is 4. The second-order valence-electron chi connectivity index (χ2n) is 20.7. The Morgan fingerprint density at radius 3 is 1.54 bits per heavy atom. The molecule has 0 spiro atoms. The topological polar surface area (TPSA) is 167 Å². The Balaban J connectivity index is 0.000000207. The summed E-state index contributed by atoms with van der Waals surface area (Å²) in [4.78, 5) is 59.9. The van der Waals surface area contributed by atoms with Crippen LogP contribution in [0.1, 0.15) is 109 Å². The number of ether oxygens (including phenoxy) is 1. The Morgan fingerprint density at radius 1 is 0.615 bits per heavy atom. The van der Waals surface area contributed by atoms with Gasteiger partial charge in [0.25, 0.3) is 0 Å². The summed E-state index contributed by atoms with van der Waals surface area (Å²) >= 11 is 3.47. The summed E-state index contributed by atoms with van der Waals surface area (Å²) in [5.41, 5.74) is 14.0. The molecule has 15 heteroatoms. The molecule has 9 rings (SSSR count). The number of nitrogens with zero attached hydrogens (tertiary/aromatic N) is 6. The van der Waals surface area contributed by atoms with Gasteiger partial charge in [0.1, 0.15) is 6.42 Å². The summed E-state index contributed by atoms with van der Waals surface area (Å²) in [5, 5.41) is 12.6. The molecule has 3 unspecified atom stereocenters. The van der Waals surface area contributed by atoms with Crippen LogP contribution in [0.25, 0.3) is 22.5 Å². The van der Waals surface area contributed by atoms with E-state index in [0.29, 0.717) is 24.0 Å². The molecule has 5 aromatic carbocycles. The van der Waals surface area contributed by atoms with Crippen molar-refractivity contribution in [2.45, 2.75) is 83.0 Å². The van der Waals surface area contributed by atoms with Gasteiger partial charge in [0.05, 0.1) is 18.0 Å². The normalized spacial score (nSPS) is 14.4. The van der Waals surface area contributed by atoms with Crippen LogP contribution in [0.2, 0.25) is 0 Å². The standard InChI is InChI=1S/C34H38BrN5O.C29H35N5O3/c1-23(24-10-14-27(35)15-11-24)20-32(41)38-28-16-12-25(13-17-28)31-21-26-22-37-34(36-18-6-7-19-40(2)3)39-33(26)30-9-5-4-8-29(30)31;1-4-37-27(36)18-26(35)32-22-13-11-20(12-14-22)25-17-21-19-31-29(30-15-7-8-16-34(2)3)33-28(21)24-10-6-5-9-23(24)25/h4-5,8-17,22-23,31H,6-7,18-21H2,1-3H3,(H,38,41)(H,36,37,39);5-6,9-14,19,25H,4,7-8,15-18H2,1-3H3,(H,32,35)(H,30,31,33). The van der Waals surface area contributed by atoms with Crippen molar-refractivity contribution in [1.82, 2.24) is 29.7 Å². The molecule has 14 nitrogen and oxygen atoms in total. The van der Waals surface area contributed by atoms with Crippen molar-refractivity contribution < 1.29 is 19.1 Å². The summed E-state index contributed by atoms with van der Waals surface area (Å²) in [6.45, 7) is 7.92. The van der Waals surface area contributed by atoms with Gasteiger partial charge in [-0.05, 0) is 168 Å². The highest BCUT2D eigenvalue weighted by Gasteiger charge is 2.29. The lowest BCUT2D eigenvalue weighted by atomic mass is 9.78. The van der Waals surface area contributed by atoms with E-state index in [0.717, 1.165) is 120 Å². The van der Waals surface area contributed by atoms with Crippen LogP contribution in [0.15, 0.2) is 138 Å². The fourth-order valence-electron chi connectivity index (χ4n) is 10.1. The third-order valence-electron chi connectivity index (χ3n) is 14.1. The lowest BCUT2D eigenvalue weighted by molar-refractivity contribution is -0.145. The van der Waals surface area contributed by atoms with E-state index in [-0.39, 0.29) is 42.6 Å². The average molecular weight is 1110 g/mol. The van der Waals surface area contributed by atoms with Crippen LogP contribution in [-0.4, -0.2) is 108 Å². The number of halogens is 1. The highest BCUT2D eigenvalue weighted by atomic mass is 79.9. The van der Waals surface area contributed by atoms with Crippen LogP contribution in [-0.2, 0) is 32.0 Å². The molecule has 0 radical (unpaired) electrons. The monoisotopic (exact) mass is 1110 g/mol. The first-order chi connectivity index (χ1) is 37.8. The van der Waals surface area contributed by atoms with Gasteiger partial charge in [0.15, 0.2) is 0 Å². The van der Waals surface area contributed by atoms with Crippen molar-refractivity contribution >= 4 is 57.0 Å². The number of carbonyl (C=O) groups is 3. The maximum Gasteiger partial charge on any atom is 0.315 e. The summed E-state index contributed by atoms with van der Waals surface area (Å²) in [7, 11) is 8.38. The van der Waals surface area contributed by atoms with Crippen molar-refractivity contribution in [3.63, 3.8) is 0 Å². The molecule has 2 amide bonds. The molecule has 0 fully saturated rings. The average Bonchev–Trinajstić information content (AvgIpc) is 3.50. The number of unbranched alkanes of at least 4 members (excludes halogenated alkanes) is 2. The van der Waals surface area contributed by atoms with Crippen LogP contribution >= 0.6 is 15.9 Å². The second kappa shape index (κ2) is 27.8. The minimum atomic E-state index is -0.529. The van der Waals surface area contributed by atoms with E-state index in [9.17, 15) is 14.4 Å². The second-order valence-corrected chi connectivity index (χ2v) is 21.6. The molecule has 0 bridgehead atoms. The molecule has 7 aromatic rings. The number of amides is 2. The SMILES string of the molecule is CC(CC(=O)Nc1ccc(C2Cc3cnc(NCCCCN(C)C)nc3-c3ccccc32)cc1)c1ccc(Br)cc1.CCOC(=O)CC(=O)Nc1ccc(C2Cc3cnc(NCCCCN(C)C)nc3-c3ccccc32)cc1. The first-order valence-electron chi connectivity index (χ1n) is 27.2. The van der Waals surface area contributed by atoms with Gasteiger partial charge in [0, 0.05) is 70.7 Å². The van der Waals surface area contributed by atoms with Gasteiger partial charge in [0.2, 0.25) is 23.7 Å². The Bertz CT molecular complexity index is 3110. The van der Waals surface area contributed by atoms with Crippen LogP contribution in [0.5, 0.6) is 0 Å². The predicted octanol–water partition coefficient (Wildman–Crippen LogP) is 12.0. The summed E-state index contributed by atoms with van der Waals surface area (Å²) in [6, 6.07) is 41.2. The molecule has 2 heterocycles. The summed E-state index contributed by atoms with van der Waals surface area (Å²) < 4.78 is 5.88. The number of carbonyl (C=O) groups excluding carboxylic acids is 3. The molecule has 2 aliphatic carbocycles. The fourth-order valence-corrected chi connectivity index (χ4v) is 10.4. The van der Waals surface area contributed by atoms with Gasteiger partial charge in [-0.15, -0.1) is 0 Å². The fraction of sp³-hybridized carbons (Fsp3) is 0.349. The van der Waals surface area contributed by atoms with Crippen LogP contribution < -0.4 is 21.3 Å². The molecule has 0 aliphatic heterocycles. The van der Waals surface area contributed by atoms with Crippen LogP contribution in [0.4, 0.5) is 23.3 Å². The molecule has 2 aliphatic rings. The third-order valence-corrected chi connectivity index (χ3v) is 14.7. The van der Waals surface area contributed by atoms with Gasteiger partial charge in [-0.25, -0.2) is 19.9 Å². The van der Waals surface area contributed by atoms with E-state index in [1.807, 2.05) is 67.0 Å². The highest BCUT2D eigenvalue weighted by molar-refractivity contribution is 9.10. The summed E-state index contributed by atoms with van der Waals surface area (Å²) in [5.74, 6) is 0.958. The molecule has 78 heavy (non-hydrogen) atoms. The third kappa shape index (κ3) is 15.7. The van der Waals surface area contributed by atoms with E-state index < -0.39 is 5.97 Å². The van der Waals surface area contributed by atoms with E-state index in [4.69, 9.17) is 14.7 Å². The van der Waals surface area contributed by atoms with Gasteiger partial charge in [-0.1, -0.05) is 108 Å². The number of rotatable bonds is 22. The predicted molar refractivity (Wildman–Crippen MR) is 317 cm³/mol. The number of esters is 1. The molecular weight excluding hydrogens is 1040 g/mol. The van der Waals surface area contributed by atoms with Gasteiger partial charge in [-0.2, -0.15) is 0 Å². The molecule has 0 saturated carbocycles. The van der Waals surface area contributed by atoms with Crippen molar-refractivity contribution in [1.29, 1.82) is 0 Å². The zero-order valence-corrected chi connectivity index (χ0v) is 47.4. The molecule has 406 valence electrons. The van der Waals surface area contributed by atoms with Gasteiger partial charge in [-0.3, -0.25) is 14.4 Å². The molecule has 4 N–H and O–H groups in total. The van der Waals surface area contributed by atoms with Crippen LogP contribution in [0.3, 0.4) is 0 Å². The van der Waals surface area contributed by atoms with Crippen molar-refractivity contribution in [2.75, 3.05) is 82.2 Å². The maximum atomic E-state index is 12.8. The van der Waals surface area contributed by atoms with E-state index in [2.05, 4.69) is 159 Å². The molecule has 3 atom stereocenters. The smallest absolute Gasteiger partial charge is 0.315 e. The Kier molecular flexibility index (Phi) is 20.3. The molecule has 0 saturated heterocycles. The Morgan fingerprint density at radius 2 is 1.08 bits per heavy atom. The zero-order chi connectivity index (χ0) is 55.0. The Labute approximate surface area is 468 Å². The number of nitrogens with one attached hydrogen (secondary N) is 4. The largest absolute Gasteiger partial charge is 0.466 e. The van der Waals surface area contributed by atoms with Crippen molar-refractivity contribution in [2.24, 2.45) is 0 Å². The first-order valence-corrected chi connectivity index (χ1v) is 28.0. The van der Waals surface area contributed by atoms with E-state index >= 15 is 0 Å². The van der Waals surface area contributed by atoms with Gasteiger partial charge >= 0.3 is 5.97 Å². The lowest BCUT2D eigenvalue weighted by Crippen LogP contribution is -2.18. The minimum Gasteiger partial charge on any atom is -0.466 e. The summed E-state index contributed by atoms with van der Waals surface area (Å²) in [6.07, 6.45) is 10.1. The zero-order valence-electron chi connectivity index (χ0n) is 45.8. The number of hydrogen-bond donors (Lipinski definition) is 4. The lowest BCUT2D eigenvalue weighted by Gasteiger charge is -2.27. The van der Waals surface area contributed by atoms with Crippen molar-refractivity contribution in [3.05, 3.63) is 177 Å². The molecule has 2 aromatic heterocycles. The minimum absolute atomic E-state index is 0.0179. The maximum absolute atomic E-state index is 12.8. The Hall–Kier alpha value is -7.33. The number of fused-ring (bicyclic) bond motifs is 6. The highest BCUT2D eigenvalue weighted by Crippen LogP contribution is 2.43. The quantitative estimate of drug-likeness (QED) is 0.0289. The van der Waals surface area contributed by atoms with Crippen molar-refractivity contribution in [3.8, 4) is 22.5 Å². The molecular formula is C63H73BrN10O4. The van der Waals surface area contributed by atoms with Gasteiger partial charge < -0.3 is 35.8 Å². The van der Waals surface area contributed by atoms with E-state index in [1.54, 1.807) is 6.92 Å².